The van der Waals surface area contributed by atoms with Crippen molar-refractivity contribution >= 4 is 21.8 Å². The minimum Gasteiger partial charge on any atom is -0.300 e. The Morgan fingerprint density at radius 3 is 1.54 bits per heavy atom. The Morgan fingerprint density at radius 1 is 1.00 bits per heavy atom. The summed E-state index contributed by atoms with van der Waals surface area (Å²) in [5.41, 5.74) is 0. The first-order chi connectivity index (χ1) is 5.91. The molecule has 0 bridgehead atoms. The van der Waals surface area contributed by atoms with Gasteiger partial charge < -0.3 is 0 Å². The largest absolute Gasteiger partial charge is 0.357 e. The van der Waals surface area contributed by atoms with Crippen LogP contribution in [-0.2, 0) is 29.2 Å². The van der Waals surface area contributed by atoms with Crippen LogP contribution in [0.1, 0.15) is 0 Å². The molecular weight excluding hydrogens is 208 g/mol. The van der Waals surface area contributed by atoms with Crippen LogP contribution in [0.5, 0.6) is 0 Å². The summed E-state index contributed by atoms with van der Waals surface area (Å²) in [6, 6.07) is 0. The molecule has 0 aromatic rings. The average Bonchev–Trinajstić information content (AvgIpc) is 2.02. The zero-order valence-corrected chi connectivity index (χ0v) is 6.98. The molecular formula is C4H6O8S. The van der Waals surface area contributed by atoms with Gasteiger partial charge in [-0.2, -0.15) is 10.5 Å². The molecule has 0 aliphatic carbocycles. The monoisotopic (exact) mass is 214 g/mol. The maximum absolute atomic E-state index is 10.7. The van der Waals surface area contributed by atoms with E-state index < -0.39 is 33.3 Å². The SMILES string of the molecule is O=C(CS(=O)(=O)CC(=O)OO)OO. The van der Waals surface area contributed by atoms with Crippen molar-refractivity contribution < 1.29 is 38.3 Å². The topological polar surface area (TPSA) is 127 Å². The lowest BCUT2D eigenvalue weighted by Crippen LogP contribution is -2.25. The molecule has 0 heterocycles. The Hall–Kier alpha value is -1.19. The molecule has 0 saturated carbocycles. The van der Waals surface area contributed by atoms with E-state index in [1.165, 1.54) is 0 Å². The molecule has 0 radical (unpaired) electrons. The molecule has 8 nitrogen and oxygen atoms in total. The van der Waals surface area contributed by atoms with Crippen LogP contribution in [0.4, 0.5) is 0 Å². The van der Waals surface area contributed by atoms with Gasteiger partial charge in [0.2, 0.25) is 0 Å². The first-order valence-electron chi connectivity index (χ1n) is 2.80. The van der Waals surface area contributed by atoms with Crippen molar-refractivity contribution in [2.75, 3.05) is 11.5 Å². The van der Waals surface area contributed by atoms with Gasteiger partial charge in [-0.15, -0.1) is 0 Å². The van der Waals surface area contributed by atoms with Crippen molar-refractivity contribution in [1.82, 2.24) is 0 Å². The van der Waals surface area contributed by atoms with E-state index in [2.05, 4.69) is 9.78 Å². The molecule has 0 aromatic heterocycles. The highest BCUT2D eigenvalue weighted by Gasteiger charge is 2.22. The fraction of sp³-hybridized carbons (Fsp3) is 0.500. The van der Waals surface area contributed by atoms with Gasteiger partial charge in [0, 0.05) is 0 Å². The van der Waals surface area contributed by atoms with Gasteiger partial charge in [0.05, 0.1) is 0 Å². The lowest BCUT2D eigenvalue weighted by atomic mass is 10.8. The van der Waals surface area contributed by atoms with Gasteiger partial charge in [0.1, 0.15) is 0 Å². The maximum atomic E-state index is 10.7. The average molecular weight is 214 g/mol. The van der Waals surface area contributed by atoms with Crippen molar-refractivity contribution in [3.8, 4) is 0 Å². The first kappa shape index (κ1) is 11.8. The van der Waals surface area contributed by atoms with Gasteiger partial charge in [-0.3, -0.25) is 9.78 Å². The standard InChI is InChI=1S/C4H6O8S/c5-3(11-7)1-13(9,10)2-4(6)12-8/h7-8H,1-2H2. The van der Waals surface area contributed by atoms with E-state index in [4.69, 9.17) is 10.5 Å². The molecule has 76 valence electrons. The van der Waals surface area contributed by atoms with Crippen LogP contribution < -0.4 is 0 Å². The Balaban J connectivity index is 4.26. The van der Waals surface area contributed by atoms with Gasteiger partial charge in [0.15, 0.2) is 21.3 Å². The minimum absolute atomic E-state index is 1.17. The molecule has 0 atom stereocenters. The fourth-order valence-electron chi connectivity index (χ4n) is 0.463. The summed E-state index contributed by atoms with van der Waals surface area (Å²) < 4.78 is 21.5. The summed E-state index contributed by atoms with van der Waals surface area (Å²) in [5, 5.41) is 15.4. The Labute approximate surface area is 72.5 Å². The van der Waals surface area contributed by atoms with Crippen molar-refractivity contribution in [3.05, 3.63) is 0 Å². The van der Waals surface area contributed by atoms with E-state index in [0.29, 0.717) is 0 Å². The van der Waals surface area contributed by atoms with Gasteiger partial charge in [-0.05, 0) is 0 Å². The van der Waals surface area contributed by atoms with E-state index in [1.807, 2.05) is 0 Å². The van der Waals surface area contributed by atoms with Crippen molar-refractivity contribution in [2.45, 2.75) is 0 Å². The number of sulfone groups is 1. The quantitative estimate of drug-likeness (QED) is 0.424. The Bertz CT molecular complexity index is 265. The summed E-state index contributed by atoms with van der Waals surface area (Å²) in [6.45, 7) is 0. The number of carbonyl (C=O) groups excluding carboxylic acids is 2. The Kier molecular flexibility index (Phi) is 4.31. The zero-order valence-electron chi connectivity index (χ0n) is 6.17. The highest BCUT2D eigenvalue weighted by Crippen LogP contribution is 1.92. The van der Waals surface area contributed by atoms with Gasteiger partial charge >= 0.3 is 11.9 Å². The van der Waals surface area contributed by atoms with Crippen LogP contribution in [0.25, 0.3) is 0 Å². The van der Waals surface area contributed by atoms with Crippen LogP contribution in [0.3, 0.4) is 0 Å². The molecule has 0 amide bonds. The highest BCUT2D eigenvalue weighted by molar-refractivity contribution is 7.92. The molecule has 13 heavy (non-hydrogen) atoms. The molecule has 0 saturated heterocycles. The minimum atomic E-state index is -4.07. The maximum Gasteiger partial charge on any atom is 0.357 e. The van der Waals surface area contributed by atoms with E-state index in [1.54, 1.807) is 0 Å². The third kappa shape index (κ3) is 5.11. The summed E-state index contributed by atoms with van der Waals surface area (Å²) in [4.78, 5) is 26.6. The normalized spacial score (nSPS) is 10.6. The number of carbonyl (C=O) groups is 2. The van der Waals surface area contributed by atoms with Gasteiger partial charge in [-0.25, -0.2) is 18.0 Å². The summed E-state index contributed by atoms with van der Waals surface area (Å²) in [6.07, 6.45) is 0. The van der Waals surface area contributed by atoms with Crippen molar-refractivity contribution in [3.63, 3.8) is 0 Å². The molecule has 0 spiro atoms. The van der Waals surface area contributed by atoms with Crippen molar-refractivity contribution in [2.24, 2.45) is 0 Å². The molecule has 0 rings (SSSR count). The van der Waals surface area contributed by atoms with E-state index in [-0.39, 0.29) is 0 Å². The number of hydrogen-bond donors (Lipinski definition) is 2. The third-order valence-corrected chi connectivity index (χ3v) is 2.23. The summed E-state index contributed by atoms with van der Waals surface area (Å²) in [5.74, 6) is -5.19. The zero-order chi connectivity index (χ0) is 10.5. The van der Waals surface area contributed by atoms with Crippen molar-refractivity contribution in [1.29, 1.82) is 0 Å². The Morgan fingerprint density at radius 2 is 1.31 bits per heavy atom. The lowest BCUT2D eigenvalue weighted by molar-refractivity contribution is -0.231. The van der Waals surface area contributed by atoms with E-state index in [0.717, 1.165) is 0 Å². The fourth-order valence-corrected chi connectivity index (χ4v) is 1.39. The number of rotatable bonds is 4. The smallest absolute Gasteiger partial charge is 0.300 e. The molecule has 2 N–H and O–H groups in total. The lowest BCUT2D eigenvalue weighted by Gasteiger charge is -1.98. The molecule has 0 unspecified atom stereocenters. The van der Waals surface area contributed by atoms with Crippen LogP contribution in [0.15, 0.2) is 0 Å². The first-order valence-corrected chi connectivity index (χ1v) is 4.62. The van der Waals surface area contributed by atoms with Gasteiger partial charge in [-0.1, -0.05) is 0 Å². The van der Waals surface area contributed by atoms with Crippen LogP contribution in [-0.4, -0.2) is 42.4 Å². The molecule has 0 fully saturated rings. The van der Waals surface area contributed by atoms with E-state index >= 15 is 0 Å². The molecule has 9 heteroatoms. The van der Waals surface area contributed by atoms with Crippen LogP contribution >= 0.6 is 0 Å². The van der Waals surface area contributed by atoms with Gasteiger partial charge in [0.25, 0.3) is 0 Å². The molecule has 0 aliphatic rings. The summed E-state index contributed by atoms with van der Waals surface area (Å²) >= 11 is 0. The second-order valence-electron chi connectivity index (χ2n) is 1.96. The predicted octanol–water partition coefficient (Wildman–Crippen LogP) is -1.57. The van der Waals surface area contributed by atoms with Crippen LogP contribution in [0.2, 0.25) is 0 Å². The number of hydrogen-bond acceptors (Lipinski definition) is 8. The predicted molar refractivity (Wildman–Crippen MR) is 36.1 cm³/mol. The van der Waals surface area contributed by atoms with Crippen LogP contribution in [0, 0.1) is 0 Å². The van der Waals surface area contributed by atoms with E-state index in [9.17, 15) is 18.0 Å². The second-order valence-corrected chi connectivity index (χ2v) is 4.02. The highest BCUT2D eigenvalue weighted by atomic mass is 32.2. The molecule has 0 aromatic carbocycles. The second kappa shape index (κ2) is 4.74. The molecule has 0 aliphatic heterocycles. The third-order valence-electron chi connectivity index (χ3n) is 0.879. The summed E-state index contributed by atoms with van der Waals surface area (Å²) in [7, 11) is -4.07.